The van der Waals surface area contributed by atoms with Crippen LogP contribution in [0.25, 0.3) is 0 Å². The maximum Gasteiger partial charge on any atom is 0.339 e. The lowest BCUT2D eigenvalue weighted by Gasteiger charge is -2.10. The van der Waals surface area contributed by atoms with E-state index in [1.807, 2.05) is 6.92 Å². The topological polar surface area (TPSA) is 72.5 Å². The van der Waals surface area contributed by atoms with Crippen LogP contribution in [0.3, 0.4) is 0 Å². The summed E-state index contributed by atoms with van der Waals surface area (Å²) in [5.74, 6) is -0.0256. The number of carbonyl (C=O) groups excluding carboxylic acids is 1. The van der Waals surface area contributed by atoms with Gasteiger partial charge in [-0.2, -0.15) is 8.42 Å². The second-order valence-corrected chi connectivity index (χ2v) is 6.80. The SMILES string of the molecule is CCc1cc(OS(=O)(=O)c2ccc(NC(C)=O)cc2)ccc1Cl. The Labute approximate surface area is 140 Å². The molecule has 0 aliphatic heterocycles. The maximum atomic E-state index is 12.3. The molecule has 7 heteroatoms. The Kier molecular flexibility index (Phi) is 5.28. The van der Waals surface area contributed by atoms with E-state index < -0.39 is 10.1 Å². The van der Waals surface area contributed by atoms with E-state index in [1.54, 1.807) is 12.1 Å². The molecule has 2 aromatic rings. The lowest BCUT2D eigenvalue weighted by molar-refractivity contribution is -0.114. The van der Waals surface area contributed by atoms with Gasteiger partial charge in [0, 0.05) is 17.6 Å². The number of anilines is 1. The van der Waals surface area contributed by atoms with Crippen molar-refractivity contribution in [2.45, 2.75) is 25.2 Å². The Morgan fingerprint density at radius 2 is 1.83 bits per heavy atom. The lowest BCUT2D eigenvalue weighted by atomic mass is 10.2. The average molecular weight is 354 g/mol. The molecule has 5 nitrogen and oxygen atoms in total. The number of rotatable bonds is 5. The van der Waals surface area contributed by atoms with Crippen molar-refractivity contribution in [3.63, 3.8) is 0 Å². The van der Waals surface area contributed by atoms with Gasteiger partial charge < -0.3 is 9.50 Å². The molecule has 0 aromatic heterocycles. The minimum Gasteiger partial charge on any atom is -0.379 e. The van der Waals surface area contributed by atoms with Gasteiger partial charge in [0.1, 0.15) is 10.6 Å². The third-order valence-electron chi connectivity index (χ3n) is 3.07. The van der Waals surface area contributed by atoms with Gasteiger partial charge in [0.2, 0.25) is 5.91 Å². The summed E-state index contributed by atoms with van der Waals surface area (Å²) in [6.45, 7) is 3.29. The second kappa shape index (κ2) is 7.02. The fourth-order valence-corrected chi connectivity index (χ4v) is 3.13. The fraction of sp³-hybridized carbons (Fsp3) is 0.188. The minimum absolute atomic E-state index is 0.000370. The van der Waals surface area contributed by atoms with E-state index >= 15 is 0 Å². The zero-order chi connectivity index (χ0) is 17.0. The smallest absolute Gasteiger partial charge is 0.339 e. The summed E-state index contributed by atoms with van der Waals surface area (Å²) in [6.07, 6.45) is 0.668. The molecule has 2 aromatic carbocycles. The van der Waals surface area contributed by atoms with Crippen molar-refractivity contribution >= 4 is 33.3 Å². The highest BCUT2D eigenvalue weighted by molar-refractivity contribution is 7.87. The van der Waals surface area contributed by atoms with Gasteiger partial charge in [0.25, 0.3) is 0 Å². The third kappa shape index (κ3) is 4.46. The van der Waals surface area contributed by atoms with Gasteiger partial charge in [-0.1, -0.05) is 18.5 Å². The lowest BCUT2D eigenvalue weighted by Crippen LogP contribution is -2.10. The van der Waals surface area contributed by atoms with E-state index in [-0.39, 0.29) is 16.6 Å². The molecule has 0 saturated heterocycles. The van der Waals surface area contributed by atoms with Crippen molar-refractivity contribution in [1.29, 1.82) is 0 Å². The number of hydrogen-bond donors (Lipinski definition) is 1. The molecule has 2 rings (SSSR count). The minimum atomic E-state index is -3.95. The number of carbonyl (C=O) groups is 1. The van der Waals surface area contributed by atoms with Gasteiger partial charge in [-0.05, 0) is 54.4 Å². The monoisotopic (exact) mass is 353 g/mol. The number of amides is 1. The summed E-state index contributed by atoms with van der Waals surface area (Å²) in [7, 11) is -3.95. The van der Waals surface area contributed by atoms with Crippen LogP contribution in [0.5, 0.6) is 5.75 Å². The van der Waals surface area contributed by atoms with Crippen molar-refractivity contribution in [3.8, 4) is 5.75 Å². The molecule has 0 saturated carbocycles. The Hall–Kier alpha value is -2.05. The highest BCUT2D eigenvalue weighted by Crippen LogP contribution is 2.25. The largest absolute Gasteiger partial charge is 0.379 e. The zero-order valence-electron chi connectivity index (χ0n) is 12.7. The van der Waals surface area contributed by atoms with Gasteiger partial charge in [-0.3, -0.25) is 4.79 Å². The van der Waals surface area contributed by atoms with Gasteiger partial charge in [-0.15, -0.1) is 0 Å². The van der Waals surface area contributed by atoms with E-state index in [9.17, 15) is 13.2 Å². The molecule has 0 unspecified atom stereocenters. The summed E-state index contributed by atoms with van der Waals surface area (Å²) in [4.78, 5) is 11.0. The molecule has 0 fully saturated rings. The van der Waals surface area contributed by atoms with E-state index in [4.69, 9.17) is 15.8 Å². The summed E-state index contributed by atoms with van der Waals surface area (Å²) >= 11 is 6.00. The van der Waals surface area contributed by atoms with Crippen molar-refractivity contribution in [1.82, 2.24) is 0 Å². The molecule has 23 heavy (non-hydrogen) atoms. The first-order valence-electron chi connectivity index (χ1n) is 6.92. The molecular weight excluding hydrogens is 338 g/mol. The number of hydrogen-bond acceptors (Lipinski definition) is 4. The van der Waals surface area contributed by atoms with Gasteiger partial charge in [-0.25, -0.2) is 0 Å². The number of aryl methyl sites for hydroxylation is 1. The summed E-state index contributed by atoms with van der Waals surface area (Å²) in [5.41, 5.74) is 1.32. The predicted molar refractivity (Wildman–Crippen MR) is 89.4 cm³/mol. The van der Waals surface area contributed by atoms with Gasteiger partial charge in [0.05, 0.1) is 0 Å². The van der Waals surface area contributed by atoms with Gasteiger partial charge >= 0.3 is 10.1 Å². The zero-order valence-corrected chi connectivity index (χ0v) is 14.2. The summed E-state index contributed by atoms with van der Waals surface area (Å²) < 4.78 is 29.7. The molecule has 0 radical (unpaired) electrons. The van der Waals surface area contributed by atoms with E-state index in [0.29, 0.717) is 17.1 Å². The predicted octanol–water partition coefficient (Wildman–Crippen LogP) is 3.63. The van der Waals surface area contributed by atoms with Crippen LogP contribution in [-0.2, 0) is 21.3 Å². The number of nitrogens with one attached hydrogen (secondary N) is 1. The Balaban J connectivity index is 2.23. The van der Waals surface area contributed by atoms with Gasteiger partial charge in [0.15, 0.2) is 0 Å². The van der Waals surface area contributed by atoms with Crippen molar-refractivity contribution < 1.29 is 17.4 Å². The third-order valence-corrected chi connectivity index (χ3v) is 4.70. The summed E-state index contributed by atoms with van der Waals surface area (Å²) in [6, 6.07) is 10.4. The van der Waals surface area contributed by atoms with Crippen LogP contribution in [0.4, 0.5) is 5.69 Å². The molecule has 1 N–H and O–H groups in total. The van der Waals surface area contributed by atoms with Crippen LogP contribution < -0.4 is 9.50 Å². The first kappa shape index (κ1) is 17.3. The highest BCUT2D eigenvalue weighted by Gasteiger charge is 2.17. The molecular formula is C16H16ClNO4S. The molecule has 0 aliphatic rings. The maximum absolute atomic E-state index is 12.3. The molecule has 0 bridgehead atoms. The second-order valence-electron chi connectivity index (χ2n) is 4.85. The Morgan fingerprint density at radius 3 is 2.39 bits per heavy atom. The Bertz CT molecular complexity index is 816. The number of halogens is 1. The van der Waals surface area contributed by atoms with E-state index in [1.165, 1.54) is 37.3 Å². The molecule has 0 spiro atoms. The molecule has 0 aliphatic carbocycles. The first-order chi connectivity index (χ1) is 10.8. The van der Waals surface area contributed by atoms with E-state index in [0.717, 1.165) is 5.56 Å². The molecule has 0 heterocycles. The van der Waals surface area contributed by atoms with Crippen molar-refractivity contribution in [3.05, 3.63) is 53.1 Å². The first-order valence-corrected chi connectivity index (χ1v) is 8.71. The van der Waals surface area contributed by atoms with Crippen LogP contribution in [-0.4, -0.2) is 14.3 Å². The van der Waals surface area contributed by atoms with Crippen LogP contribution in [0, 0.1) is 0 Å². The summed E-state index contributed by atoms with van der Waals surface area (Å²) in [5, 5.41) is 3.13. The van der Waals surface area contributed by atoms with Crippen molar-refractivity contribution in [2.24, 2.45) is 0 Å². The van der Waals surface area contributed by atoms with Crippen LogP contribution in [0.2, 0.25) is 5.02 Å². The number of benzene rings is 2. The van der Waals surface area contributed by atoms with Crippen LogP contribution >= 0.6 is 11.6 Å². The normalized spacial score (nSPS) is 11.1. The van der Waals surface area contributed by atoms with Crippen molar-refractivity contribution in [2.75, 3.05) is 5.32 Å². The van der Waals surface area contributed by atoms with Crippen LogP contribution in [0.15, 0.2) is 47.4 Å². The van der Waals surface area contributed by atoms with E-state index in [2.05, 4.69) is 5.32 Å². The molecule has 1 amide bonds. The fourth-order valence-electron chi connectivity index (χ4n) is 1.96. The molecule has 0 atom stereocenters. The average Bonchev–Trinajstić information content (AvgIpc) is 2.49. The highest BCUT2D eigenvalue weighted by atomic mass is 35.5. The Morgan fingerprint density at radius 1 is 1.17 bits per heavy atom. The quantitative estimate of drug-likeness (QED) is 0.833. The molecule has 122 valence electrons. The standard InChI is InChI=1S/C16H16ClNO4S/c1-3-12-10-14(6-9-16(12)17)22-23(20,21)15-7-4-13(5-8-15)18-11(2)19/h4-10H,3H2,1-2H3,(H,18,19). The van der Waals surface area contributed by atoms with Crippen LogP contribution in [0.1, 0.15) is 19.4 Å².